The van der Waals surface area contributed by atoms with Crippen LogP contribution in [0.3, 0.4) is 0 Å². The molecule has 0 spiro atoms. The zero-order valence-electron chi connectivity index (χ0n) is 15.7. The smallest absolute Gasteiger partial charge is 0.332 e. The number of hydrogen-bond donors (Lipinski definition) is 0. The first-order valence-corrected chi connectivity index (χ1v) is 8.85. The molecule has 3 rings (SSSR count). The number of aromatic nitrogens is 3. The van der Waals surface area contributed by atoms with E-state index >= 15 is 0 Å². The van der Waals surface area contributed by atoms with E-state index < -0.39 is 0 Å². The first-order valence-electron chi connectivity index (χ1n) is 8.85. The van der Waals surface area contributed by atoms with Crippen molar-refractivity contribution in [3.8, 4) is 0 Å². The molecule has 0 fully saturated rings. The third kappa shape index (κ3) is 2.92. The van der Waals surface area contributed by atoms with Gasteiger partial charge in [-0.25, -0.2) is 9.78 Å². The van der Waals surface area contributed by atoms with Crippen LogP contribution >= 0.6 is 0 Å². The molecular formula is C20H24N4O2. The van der Waals surface area contributed by atoms with E-state index in [2.05, 4.69) is 16.8 Å². The first-order chi connectivity index (χ1) is 12.5. The largest absolute Gasteiger partial charge is 0.340 e. The summed E-state index contributed by atoms with van der Waals surface area (Å²) in [5, 5.41) is 0.481. The number of hydrogen-bond acceptors (Lipinski definition) is 4. The van der Waals surface area contributed by atoms with Crippen LogP contribution in [0.25, 0.3) is 11.0 Å². The number of benzene rings is 1. The summed E-state index contributed by atoms with van der Waals surface area (Å²) < 4.78 is 2.58. The fourth-order valence-electron chi connectivity index (χ4n) is 3.25. The second-order valence-electron chi connectivity index (χ2n) is 6.53. The van der Waals surface area contributed by atoms with Gasteiger partial charge in [-0.2, -0.15) is 0 Å². The molecule has 0 N–H and O–H groups in total. The summed E-state index contributed by atoms with van der Waals surface area (Å²) in [7, 11) is 3.16. The molecule has 0 radical (unpaired) electrons. The number of para-hydroxylation sites is 1. The summed E-state index contributed by atoms with van der Waals surface area (Å²) in [5.74, 6) is 0. The Bertz CT molecular complexity index is 1050. The van der Waals surface area contributed by atoms with E-state index in [-0.39, 0.29) is 11.2 Å². The van der Waals surface area contributed by atoms with Crippen LogP contribution in [-0.2, 0) is 14.1 Å². The molecule has 0 saturated heterocycles. The van der Waals surface area contributed by atoms with Gasteiger partial charge in [0.05, 0.1) is 5.69 Å². The molecule has 0 aliphatic heterocycles. The van der Waals surface area contributed by atoms with E-state index in [0.717, 1.165) is 40.9 Å². The van der Waals surface area contributed by atoms with E-state index in [4.69, 9.17) is 0 Å². The molecule has 0 aliphatic carbocycles. The lowest BCUT2D eigenvalue weighted by Crippen LogP contribution is -2.38. The Balaban J connectivity index is 2.39. The maximum atomic E-state index is 13.0. The van der Waals surface area contributed by atoms with E-state index in [0.29, 0.717) is 11.0 Å². The van der Waals surface area contributed by atoms with Crippen LogP contribution in [0.1, 0.15) is 25.3 Å². The minimum absolute atomic E-state index is 0.313. The van der Waals surface area contributed by atoms with Gasteiger partial charge in [0, 0.05) is 32.5 Å². The van der Waals surface area contributed by atoms with E-state index in [1.165, 1.54) is 11.6 Å². The highest BCUT2D eigenvalue weighted by atomic mass is 16.2. The second-order valence-corrected chi connectivity index (χ2v) is 6.53. The average Bonchev–Trinajstić information content (AvgIpc) is 2.66. The van der Waals surface area contributed by atoms with Crippen molar-refractivity contribution in [2.24, 2.45) is 14.1 Å². The lowest BCUT2D eigenvalue weighted by molar-refractivity contribution is 0.706. The predicted octanol–water partition coefficient (Wildman–Crippen LogP) is 2.88. The Morgan fingerprint density at radius 1 is 1.08 bits per heavy atom. The maximum absolute atomic E-state index is 13.0. The van der Waals surface area contributed by atoms with Gasteiger partial charge in [0.15, 0.2) is 5.65 Å². The van der Waals surface area contributed by atoms with Crippen molar-refractivity contribution in [1.82, 2.24) is 14.1 Å². The molecule has 1 aromatic carbocycles. The monoisotopic (exact) mass is 352 g/mol. The molecule has 0 amide bonds. The van der Waals surface area contributed by atoms with Gasteiger partial charge in [-0.05, 0) is 31.0 Å². The van der Waals surface area contributed by atoms with E-state index in [1.54, 1.807) is 13.2 Å². The van der Waals surface area contributed by atoms with Crippen LogP contribution in [0.15, 0.2) is 46.1 Å². The summed E-state index contributed by atoms with van der Waals surface area (Å²) in [6.45, 7) is 4.88. The predicted molar refractivity (Wildman–Crippen MR) is 105 cm³/mol. The summed E-state index contributed by atoms with van der Waals surface area (Å²) in [5.41, 5.74) is 2.49. The lowest BCUT2D eigenvalue weighted by atomic mass is 10.1. The number of nitrogens with zero attached hydrogens (tertiary/aromatic N) is 4. The van der Waals surface area contributed by atoms with Crippen molar-refractivity contribution in [1.29, 1.82) is 0 Å². The Labute approximate surface area is 152 Å². The van der Waals surface area contributed by atoms with Gasteiger partial charge in [-0.15, -0.1) is 0 Å². The molecule has 0 saturated carbocycles. The first kappa shape index (κ1) is 17.9. The van der Waals surface area contributed by atoms with Crippen molar-refractivity contribution >= 4 is 22.4 Å². The molecule has 3 aromatic rings. The van der Waals surface area contributed by atoms with Crippen molar-refractivity contribution < 1.29 is 0 Å². The number of anilines is 2. The number of unbranched alkanes of at least 4 members (excludes halogenated alkanes) is 1. The molecule has 2 heterocycles. The van der Waals surface area contributed by atoms with Crippen molar-refractivity contribution in [2.75, 3.05) is 11.4 Å². The molecule has 0 unspecified atom stereocenters. The Morgan fingerprint density at radius 2 is 1.77 bits per heavy atom. The van der Waals surface area contributed by atoms with Crippen LogP contribution < -0.4 is 16.1 Å². The highest BCUT2D eigenvalue weighted by Crippen LogP contribution is 2.32. The summed E-state index contributed by atoms with van der Waals surface area (Å²) in [4.78, 5) is 31.8. The van der Waals surface area contributed by atoms with Crippen LogP contribution in [-0.4, -0.2) is 20.7 Å². The maximum Gasteiger partial charge on any atom is 0.332 e. The number of rotatable bonds is 5. The summed E-state index contributed by atoms with van der Waals surface area (Å²) in [6, 6.07) is 10.0. The topological polar surface area (TPSA) is 60.1 Å². The van der Waals surface area contributed by atoms with Crippen molar-refractivity contribution in [3.05, 3.63) is 62.9 Å². The van der Waals surface area contributed by atoms with Gasteiger partial charge in [0.25, 0.3) is 5.56 Å². The number of aryl methyl sites for hydroxylation is 2. The zero-order chi connectivity index (χ0) is 18.8. The van der Waals surface area contributed by atoms with Crippen LogP contribution in [0.5, 0.6) is 0 Å². The summed E-state index contributed by atoms with van der Waals surface area (Å²) >= 11 is 0. The number of fused-ring (bicyclic) bond motifs is 1. The molecule has 0 bridgehead atoms. The van der Waals surface area contributed by atoms with Crippen LogP contribution in [0, 0.1) is 6.92 Å². The van der Waals surface area contributed by atoms with E-state index in [9.17, 15) is 9.59 Å². The Kier molecular flexibility index (Phi) is 4.93. The third-order valence-electron chi connectivity index (χ3n) is 4.70. The van der Waals surface area contributed by atoms with Crippen LogP contribution in [0.4, 0.5) is 11.4 Å². The molecule has 0 atom stereocenters. The van der Waals surface area contributed by atoms with Crippen LogP contribution in [0.2, 0.25) is 0 Å². The van der Waals surface area contributed by atoms with Gasteiger partial charge < -0.3 is 4.90 Å². The fraction of sp³-hybridized carbons (Fsp3) is 0.350. The molecular weight excluding hydrogens is 328 g/mol. The van der Waals surface area contributed by atoms with Gasteiger partial charge in [0.1, 0.15) is 5.39 Å². The highest BCUT2D eigenvalue weighted by Gasteiger charge is 2.21. The lowest BCUT2D eigenvalue weighted by Gasteiger charge is -2.28. The van der Waals surface area contributed by atoms with Gasteiger partial charge >= 0.3 is 5.69 Å². The highest BCUT2D eigenvalue weighted by molar-refractivity contribution is 5.93. The normalized spacial score (nSPS) is 11.1. The second kappa shape index (κ2) is 7.15. The quantitative estimate of drug-likeness (QED) is 0.708. The fourth-order valence-corrected chi connectivity index (χ4v) is 3.25. The Hall–Kier alpha value is -2.89. The van der Waals surface area contributed by atoms with E-state index in [1.807, 2.05) is 37.3 Å². The SMILES string of the molecule is CCCCN(c1ccccc1)c1c(C)cnc2c1c(=O)n(C)c(=O)n2C. The molecule has 2 aromatic heterocycles. The van der Waals surface area contributed by atoms with Crippen molar-refractivity contribution in [3.63, 3.8) is 0 Å². The number of pyridine rings is 1. The van der Waals surface area contributed by atoms with Gasteiger partial charge in [-0.3, -0.25) is 13.9 Å². The Morgan fingerprint density at radius 3 is 2.42 bits per heavy atom. The average molecular weight is 352 g/mol. The standard InChI is InChI=1S/C20H24N4O2/c1-5-6-12-24(15-10-8-7-9-11-15)17-14(2)13-21-18-16(17)19(25)23(4)20(26)22(18)3/h7-11,13H,5-6,12H2,1-4H3. The molecule has 6 nitrogen and oxygen atoms in total. The van der Waals surface area contributed by atoms with Crippen molar-refractivity contribution in [2.45, 2.75) is 26.7 Å². The molecule has 6 heteroatoms. The molecule has 0 aliphatic rings. The minimum atomic E-state index is -0.371. The molecule has 136 valence electrons. The minimum Gasteiger partial charge on any atom is -0.340 e. The summed E-state index contributed by atoms with van der Waals surface area (Å²) in [6.07, 6.45) is 3.77. The van der Waals surface area contributed by atoms with Gasteiger partial charge in [0.2, 0.25) is 0 Å². The third-order valence-corrected chi connectivity index (χ3v) is 4.70. The molecule has 26 heavy (non-hydrogen) atoms. The zero-order valence-corrected chi connectivity index (χ0v) is 15.7. The van der Waals surface area contributed by atoms with Gasteiger partial charge in [-0.1, -0.05) is 31.5 Å².